The zero-order chi connectivity index (χ0) is 13.1. The molecule has 0 aromatic heterocycles. The maximum atomic E-state index is 6.23. The predicted octanol–water partition coefficient (Wildman–Crippen LogP) is 3.46. The molecule has 17 heavy (non-hydrogen) atoms. The molecule has 1 aromatic rings. The largest absolute Gasteiger partial charge is 0.271 e. The van der Waals surface area contributed by atoms with Crippen LogP contribution in [0.3, 0.4) is 0 Å². The Balaban J connectivity index is 2.74. The van der Waals surface area contributed by atoms with E-state index < -0.39 is 0 Å². The molecule has 0 saturated heterocycles. The van der Waals surface area contributed by atoms with Gasteiger partial charge >= 0.3 is 0 Å². The van der Waals surface area contributed by atoms with Crippen molar-refractivity contribution in [3.8, 4) is 0 Å². The van der Waals surface area contributed by atoms with Crippen molar-refractivity contribution >= 4 is 11.6 Å². The van der Waals surface area contributed by atoms with E-state index in [4.69, 9.17) is 17.4 Å². The first-order valence-corrected chi connectivity index (χ1v) is 6.41. The zero-order valence-corrected chi connectivity index (χ0v) is 11.9. The van der Waals surface area contributed by atoms with Crippen molar-refractivity contribution < 1.29 is 0 Å². The number of benzene rings is 1. The number of halogens is 1. The van der Waals surface area contributed by atoms with E-state index in [0.29, 0.717) is 0 Å². The third-order valence-electron chi connectivity index (χ3n) is 2.77. The number of nitrogens with one attached hydrogen (secondary N) is 1. The lowest BCUT2D eigenvalue weighted by Gasteiger charge is -2.25. The van der Waals surface area contributed by atoms with Crippen molar-refractivity contribution in [2.75, 3.05) is 0 Å². The number of hydrogen-bond donors (Lipinski definition) is 2. The summed E-state index contributed by atoms with van der Waals surface area (Å²) in [5.41, 5.74) is 5.49. The Hall–Kier alpha value is -0.570. The van der Waals surface area contributed by atoms with Gasteiger partial charge in [-0.25, -0.2) is 0 Å². The van der Waals surface area contributed by atoms with Crippen LogP contribution in [0.5, 0.6) is 0 Å². The molecule has 0 heterocycles. The summed E-state index contributed by atoms with van der Waals surface area (Å²) in [7, 11) is 0. The molecule has 0 amide bonds. The molecular weight excluding hydrogens is 232 g/mol. The fourth-order valence-corrected chi connectivity index (χ4v) is 2.32. The highest BCUT2D eigenvalue weighted by Crippen LogP contribution is 2.25. The smallest absolute Gasteiger partial charge is 0.0441 e. The third-order valence-corrected chi connectivity index (χ3v) is 3.12. The molecule has 0 aliphatic rings. The van der Waals surface area contributed by atoms with E-state index in [9.17, 15) is 0 Å². The molecule has 0 aliphatic carbocycles. The van der Waals surface area contributed by atoms with E-state index in [1.807, 2.05) is 13.0 Å². The van der Waals surface area contributed by atoms with Gasteiger partial charge in [0.15, 0.2) is 0 Å². The van der Waals surface area contributed by atoms with Crippen LogP contribution in [0.1, 0.15) is 38.3 Å². The van der Waals surface area contributed by atoms with Crippen LogP contribution in [0, 0.1) is 12.3 Å². The van der Waals surface area contributed by atoms with Crippen LogP contribution in [0.2, 0.25) is 5.02 Å². The van der Waals surface area contributed by atoms with Gasteiger partial charge < -0.3 is 0 Å². The summed E-state index contributed by atoms with van der Waals surface area (Å²) < 4.78 is 0. The molecule has 2 nitrogen and oxygen atoms in total. The van der Waals surface area contributed by atoms with Gasteiger partial charge in [-0.2, -0.15) is 0 Å². The van der Waals surface area contributed by atoms with Crippen LogP contribution in [0.15, 0.2) is 18.2 Å². The first-order chi connectivity index (χ1) is 7.81. The first kappa shape index (κ1) is 14.5. The third kappa shape index (κ3) is 5.07. The minimum Gasteiger partial charge on any atom is -0.271 e. The second-order valence-corrected chi connectivity index (χ2v) is 6.33. The monoisotopic (exact) mass is 254 g/mol. The van der Waals surface area contributed by atoms with Crippen LogP contribution in [-0.2, 0) is 6.42 Å². The van der Waals surface area contributed by atoms with Crippen LogP contribution in [-0.4, -0.2) is 6.04 Å². The van der Waals surface area contributed by atoms with E-state index >= 15 is 0 Å². The lowest BCUT2D eigenvalue weighted by atomic mass is 9.86. The Morgan fingerprint density at radius 2 is 2.00 bits per heavy atom. The van der Waals surface area contributed by atoms with Crippen LogP contribution in [0.4, 0.5) is 0 Å². The van der Waals surface area contributed by atoms with Crippen LogP contribution < -0.4 is 11.3 Å². The molecule has 1 aromatic carbocycles. The maximum absolute atomic E-state index is 6.23. The van der Waals surface area contributed by atoms with Gasteiger partial charge in [0.25, 0.3) is 0 Å². The average molecular weight is 255 g/mol. The summed E-state index contributed by atoms with van der Waals surface area (Å²) in [6.07, 6.45) is 1.89. The fourth-order valence-electron chi connectivity index (χ4n) is 2.01. The zero-order valence-electron chi connectivity index (χ0n) is 11.2. The highest BCUT2D eigenvalue weighted by molar-refractivity contribution is 6.31. The topological polar surface area (TPSA) is 38.0 Å². The molecule has 0 fully saturated rings. The van der Waals surface area contributed by atoms with E-state index in [1.165, 1.54) is 5.56 Å². The number of hydrogen-bond acceptors (Lipinski definition) is 2. The normalized spacial score (nSPS) is 13.8. The van der Waals surface area contributed by atoms with Crippen LogP contribution >= 0.6 is 11.6 Å². The lowest BCUT2D eigenvalue weighted by molar-refractivity contribution is 0.308. The number of aryl methyl sites for hydroxylation is 1. The number of nitrogens with two attached hydrogens (primary N) is 1. The molecule has 0 saturated carbocycles. The highest BCUT2D eigenvalue weighted by atomic mass is 35.5. The summed E-state index contributed by atoms with van der Waals surface area (Å²) >= 11 is 6.23. The number of hydrazine groups is 1. The van der Waals surface area contributed by atoms with Gasteiger partial charge in [-0.1, -0.05) is 44.5 Å². The Labute approximate surface area is 110 Å². The van der Waals surface area contributed by atoms with Crippen molar-refractivity contribution in [2.45, 2.75) is 46.6 Å². The summed E-state index contributed by atoms with van der Waals surface area (Å²) in [6.45, 7) is 8.69. The molecular formula is C14H23ClN2. The summed E-state index contributed by atoms with van der Waals surface area (Å²) in [6, 6.07) is 6.44. The SMILES string of the molecule is Cc1ccc(CC(CC(C)(C)C)NN)c(Cl)c1. The molecule has 3 heteroatoms. The quantitative estimate of drug-likeness (QED) is 0.638. The molecule has 96 valence electrons. The Kier molecular flexibility index (Phi) is 4.99. The molecule has 0 spiro atoms. The summed E-state index contributed by atoms with van der Waals surface area (Å²) in [5.74, 6) is 5.61. The summed E-state index contributed by atoms with van der Waals surface area (Å²) in [4.78, 5) is 0. The van der Waals surface area contributed by atoms with E-state index in [0.717, 1.165) is 23.4 Å². The van der Waals surface area contributed by atoms with E-state index in [1.54, 1.807) is 0 Å². The maximum Gasteiger partial charge on any atom is 0.0441 e. The van der Waals surface area contributed by atoms with Crippen molar-refractivity contribution in [3.05, 3.63) is 34.3 Å². The molecule has 3 N–H and O–H groups in total. The first-order valence-electron chi connectivity index (χ1n) is 6.03. The Morgan fingerprint density at radius 3 is 2.47 bits per heavy atom. The van der Waals surface area contributed by atoms with Gasteiger partial charge in [0.2, 0.25) is 0 Å². The summed E-state index contributed by atoms with van der Waals surface area (Å²) in [5, 5.41) is 0.833. The van der Waals surface area contributed by atoms with Gasteiger partial charge in [-0.3, -0.25) is 11.3 Å². The molecule has 1 rings (SSSR count). The standard InChI is InChI=1S/C14H23ClN2/c1-10-5-6-11(13(15)7-10)8-12(17-16)9-14(2,3)4/h5-7,12,17H,8-9,16H2,1-4H3. The van der Waals surface area contributed by atoms with Gasteiger partial charge in [0.05, 0.1) is 0 Å². The molecule has 0 radical (unpaired) electrons. The highest BCUT2D eigenvalue weighted by Gasteiger charge is 2.18. The van der Waals surface area contributed by atoms with Crippen molar-refractivity contribution in [2.24, 2.45) is 11.3 Å². The predicted molar refractivity (Wildman–Crippen MR) is 75.1 cm³/mol. The van der Waals surface area contributed by atoms with E-state index in [2.05, 4.69) is 38.3 Å². The van der Waals surface area contributed by atoms with Crippen molar-refractivity contribution in [1.29, 1.82) is 0 Å². The molecule has 0 aliphatic heterocycles. The van der Waals surface area contributed by atoms with Gasteiger partial charge in [0.1, 0.15) is 0 Å². The van der Waals surface area contributed by atoms with Gasteiger partial charge in [0, 0.05) is 11.1 Å². The van der Waals surface area contributed by atoms with Gasteiger partial charge in [-0.05, 0) is 42.4 Å². The Morgan fingerprint density at radius 1 is 1.35 bits per heavy atom. The minimum atomic E-state index is 0.258. The molecule has 0 bridgehead atoms. The lowest BCUT2D eigenvalue weighted by Crippen LogP contribution is -2.39. The molecule has 1 unspecified atom stereocenters. The number of rotatable bonds is 4. The van der Waals surface area contributed by atoms with Crippen molar-refractivity contribution in [1.82, 2.24) is 5.43 Å². The van der Waals surface area contributed by atoms with E-state index in [-0.39, 0.29) is 11.5 Å². The minimum absolute atomic E-state index is 0.258. The van der Waals surface area contributed by atoms with Gasteiger partial charge in [-0.15, -0.1) is 0 Å². The van der Waals surface area contributed by atoms with Crippen LogP contribution in [0.25, 0.3) is 0 Å². The second kappa shape index (κ2) is 5.85. The Bertz CT molecular complexity index is 369. The second-order valence-electron chi connectivity index (χ2n) is 5.93. The fraction of sp³-hybridized carbons (Fsp3) is 0.571. The van der Waals surface area contributed by atoms with Crippen molar-refractivity contribution in [3.63, 3.8) is 0 Å². The average Bonchev–Trinajstić information content (AvgIpc) is 2.19. The molecule has 1 atom stereocenters.